The fraction of sp³-hybridized carbons (Fsp3) is 0.0588. The van der Waals surface area contributed by atoms with Gasteiger partial charge in [0.05, 0.1) is 24.3 Å². The molecule has 0 atom stereocenters. The van der Waals surface area contributed by atoms with E-state index in [-0.39, 0.29) is 5.75 Å². The Morgan fingerprint density at radius 1 is 1.10 bits per heavy atom. The molecule has 0 spiro atoms. The van der Waals surface area contributed by atoms with Gasteiger partial charge < -0.3 is 9.84 Å². The molecule has 4 nitrogen and oxygen atoms in total. The molecule has 0 aromatic heterocycles. The lowest BCUT2D eigenvalue weighted by molar-refractivity contribution is 0.0600. The molecule has 2 aromatic carbocycles. The Morgan fingerprint density at radius 3 is 2.19 bits per heavy atom. The zero-order valence-corrected chi connectivity index (χ0v) is 11.4. The van der Waals surface area contributed by atoms with E-state index in [0.717, 1.165) is 5.56 Å². The first kappa shape index (κ1) is 14.4. The maximum absolute atomic E-state index is 11.3. The van der Waals surface area contributed by atoms with Gasteiger partial charge in [-0.25, -0.2) is 4.79 Å². The van der Waals surface area contributed by atoms with E-state index in [9.17, 15) is 15.2 Å². The number of nitrogens with zero attached hydrogens (tertiary/aromatic N) is 1. The lowest BCUT2D eigenvalue weighted by Gasteiger charge is -2.02. The quantitative estimate of drug-likeness (QED) is 0.532. The van der Waals surface area contributed by atoms with Crippen LogP contribution >= 0.6 is 0 Å². The van der Waals surface area contributed by atoms with Crippen molar-refractivity contribution in [1.82, 2.24) is 0 Å². The molecule has 0 heterocycles. The maximum Gasteiger partial charge on any atom is 0.337 e. The number of allylic oxidation sites excluding steroid dienone is 1. The molecule has 2 aromatic rings. The van der Waals surface area contributed by atoms with Gasteiger partial charge in [0.1, 0.15) is 5.75 Å². The van der Waals surface area contributed by atoms with Gasteiger partial charge in [0, 0.05) is 0 Å². The van der Waals surface area contributed by atoms with Gasteiger partial charge in [0.15, 0.2) is 0 Å². The van der Waals surface area contributed by atoms with Gasteiger partial charge >= 0.3 is 5.97 Å². The van der Waals surface area contributed by atoms with Crippen molar-refractivity contribution in [2.75, 3.05) is 7.11 Å². The number of nitriles is 1. The third-order valence-electron chi connectivity index (χ3n) is 2.94. The predicted molar refractivity (Wildman–Crippen MR) is 79.4 cm³/mol. The topological polar surface area (TPSA) is 70.3 Å². The van der Waals surface area contributed by atoms with Crippen LogP contribution in [-0.2, 0) is 4.74 Å². The van der Waals surface area contributed by atoms with Crippen LogP contribution in [0.3, 0.4) is 0 Å². The van der Waals surface area contributed by atoms with Crippen LogP contribution in [0.4, 0.5) is 0 Å². The Morgan fingerprint density at radius 2 is 1.67 bits per heavy atom. The molecule has 0 unspecified atom stereocenters. The van der Waals surface area contributed by atoms with Crippen LogP contribution in [0.25, 0.3) is 11.6 Å². The molecule has 21 heavy (non-hydrogen) atoms. The minimum absolute atomic E-state index is 0.151. The number of benzene rings is 2. The Labute approximate surface area is 122 Å². The summed E-state index contributed by atoms with van der Waals surface area (Å²) in [5, 5.41) is 18.5. The lowest BCUT2D eigenvalue weighted by Crippen LogP contribution is -2.00. The van der Waals surface area contributed by atoms with Crippen LogP contribution in [-0.4, -0.2) is 18.2 Å². The number of phenolic OH excluding ortho intramolecular Hbond substituents is 1. The molecule has 104 valence electrons. The molecule has 0 aliphatic heterocycles. The average molecular weight is 279 g/mol. The van der Waals surface area contributed by atoms with Crippen LogP contribution in [0.15, 0.2) is 48.5 Å². The third kappa shape index (κ3) is 3.48. The number of carbonyl (C=O) groups excluding carboxylic acids is 1. The molecule has 0 aliphatic rings. The molecule has 2 rings (SSSR count). The first-order valence-electron chi connectivity index (χ1n) is 6.23. The standard InChI is InChI=1S/C17H13NO3/c1-21-17(20)14-4-2-12(3-5-14)10-15(11-18)13-6-8-16(19)9-7-13/h2-10,19H,1H3/b15-10+. The summed E-state index contributed by atoms with van der Waals surface area (Å²) in [6.45, 7) is 0. The van der Waals surface area contributed by atoms with Crippen molar-refractivity contribution in [3.63, 3.8) is 0 Å². The fourth-order valence-electron chi connectivity index (χ4n) is 1.82. The van der Waals surface area contributed by atoms with Gasteiger partial charge in [-0.2, -0.15) is 5.26 Å². The maximum atomic E-state index is 11.3. The number of esters is 1. The Bertz CT molecular complexity index is 707. The average Bonchev–Trinajstić information content (AvgIpc) is 2.53. The highest BCUT2D eigenvalue weighted by Crippen LogP contribution is 2.20. The lowest BCUT2D eigenvalue weighted by atomic mass is 10.0. The summed E-state index contributed by atoms with van der Waals surface area (Å²) in [6, 6.07) is 15.3. The van der Waals surface area contributed by atoms with Gasteiger partial charge in [0.25, 0.3) is 0 Å². The van der Waals surface area contributed by atoms with Crippen molar-refractivity contribution in [3.8, 4) is 11.8 Å². The van der Waals surface area contributed by atoms with E-state index in [2.05, 4.69) is 10.8 Å². The highest BCUT2D eigenvalue weighted by molar-refractivity contribution is 5.92. The summed E-state index contributed by atoms with van der Waals surface area (Å²) >= 11 is 0. The van der Waals surface area contributed by atoms with Crippen molar-refractivity contribution in [2.45, 2.75) is 0 Å². The second-order valence-corrected chi connectivity index (χ2v) is 4.33. The highest BCUT2D eigenvalue weighted by atomic mass is 16.5. The molecule has 0 saturated heterocycles. The first-order chi connectivity index (χ1) is 10.1. The zero-order valence-electron chi connectivity index (χ0n) is 11.4. The summed E-state index contributed by atoms with van der Waals surface area (Å²) in [4.78, 5) is 11.3. The molecule has 0 aliphatic carbocycles. The smallest absolute Gasteiger partial charge is 0.337 e. The largest absolute Gasteiger partial charge is 0.508 e. The van der Waals surface area contributed by atoms with Crippen LogP contribution in [0.1, 0.15) is 21.5 Å². The second kappa shape index (κ2) is 6.40. The molecule has 4 heteroatoms. The summed E-state index contributed by atoms with van der Waals surface area (Å²) < 4.78 is 4.63. The van der Waals surface area contributed by atoms with Crippen LogP contribution in [0.5, 0.6) is 5.75 Å². The number of carbonyl (C=O) groups is 1. The van der Waals surface area contributed by atoms with Gasteiger partial charge in [0.2, 0.25) is 0 Å². The summed E-state index contributed by atoms with van der Waals surface area (Å²) in [7, 11) is 1.33. The van der Waals surface area contributed by atoms with Gasteiger partial charge in [-0.1, -0.05) is 12.1 Å². The second-order valence-electron chi connectivity index (χ2n) is 4.33. The van der Waals surface area contributed by atoms with Crippen LogP contribution < -0.4 is 0 Å². The number of rotatable bonds is 3. The number of hydrogen-bond donors (Lipinski definition) is 1. The van der Waals surface area contributed by atoms with E-state index in [1.54, 1.807) is 42.5 Å². The summed E-state index contributed by atoms with van der Waals surface area (Å²) in [5.41, 5.74) is 2.44. The minimum atomic E-state index is -0.399. The van der Waals surface area contributed by atoms with Crippen LogP contribution in [0, 0.1) is 11.3 Å². The summed E-state index contributed by atoms with van der Waals surface area (Å²) in [5.74, 6) is -0.247. The highest BCUT2D eigenvalue weighted by Gasteiger charge is 2.05. The van der Waals surface area contributed by atoms with E-state index in [4.69, 9.17) is 0 Å². The number of phenols is 1. The van der Waals surface area contributed by atoms with Gasteiger partial charge in [-0.3, -0.25) is 0 Å². The molecule has 1 N–H and O–H groups in total. The Kier molecular flexibility index (Phi) is 4.37. The summed E-state index contributed by atoms with van der Waals surface area (Å²) in [6.07, 6.45) is 1.72. The fourth-order valence-corrected chi connectivity index (χ4v) is 1.82. The molecule has 0 saturated carbocycles. The molecule has 0 amide bonds. The Balaban J connectivity index is 2.30. The van der Waals surface area contributed by atoms with E-state index < -0.39 is 5.97 Å². The van der Waals surface area contributed by atoms with Crippen molar-refractivity contribution in [2.24, 2.45) is 0 Å². The first-order valence-corrected chi connectivity index (χ1v) is 6.23. The van der Waals surface area contributed by atoms with Crippen molar-refractivity contribution >= 4 is 17.6 Å². The van der Waals surface area contributed by atoms with Crippen molar-refractivity contribution in [1.29, 1.82) is 5.26 Å². The zero-order chi connectivity index (χ0) is 15.2. The third-order valence-corrected chi connectivity index (χ3v) is 2.94. The van der Waals surface area contributed by atoms with E-state index in [0.29, 0.717) is 16.7 Å². The number of methoxy groups -OCH3 is 1. The van der Waals surface area contributed by atoms with Gasteiger partial charge in [-0.15, -0.1) is 0 Å². The molecular formula is C17H13NO3. The van der Waals surface area contributed by atoms with E-state index in [1.165, 1.54) is 19.2 Å². The Hall–Kier alpha value is -3.06. The SMILES string of the molecule is COC(=O)c1ccc(/C=C(\C#N)c2ccc(O)cc2)cc1. The predicted octanol–water partition coefficient (Wildman–Crippen LogP) is 3.24. The number of aromatic hydroxyl groups is 1. The number of ether oxygens (including phenoxy) is 1. The normalized spacial score (nSPS) is 10.8. The molecule has 0 bridgehead atoms. The minimum Gasteiger partial charge on any atom is -0.508 e. The number of hydrogen-bond acceptors (Lipinski definition) is 4. The van der Waals surface area contributed by atoms with Crippen molar-refractivity contribution < 1.29 is 14.6 Å². The van der Waals surface area contributed by atoms with Crippen molar-refractivity contribution in [3.05, 3.63) is 65.2 Å². The van der Waals surface area contributed by atoms with Gasteiger partial charge in [-0.05, 0) is 53.6 Å². The molecule has 0 fully saturated rings. The van der Waals surface area contributed by atoms with E-state index >= 15 is 0 Å². The molecule has 0 radical (unpaired) electrons. The molecular weight excluding hydrogens is 266 g/mol. The van der Waals surface area contributed by atoms with Crippen LogP contribution in [0.2, 0.25) is 0 Å². The monoisotopic (exact) mass is 279 g/mol. The van der Waals surface area contributed by atoms with E-state index in [1.807, 2.05) is 0 Å².